The van der Waals surface area contributed by atoms with E-state index in [0.29, 0.717) is 12.3 Å². The molecule has 1 rings (SSSR count). The number of hydrogen-bond acceptors (Lipinski definition) is 4. The van der Waals surface area contributed by atoms with Gasteiger partial charge < -0.3 is 0 Å². The van der Waals surface area contributed by atoms with Gasteiger partial charge in [-0.1, -0.05) is 36.3 Å². The third-order valence-electron chi connectivity index (χ3n) is 3.70. The van der Waals surface area contributed by atoms with Crippen LogP contribution in [0.4, 0.5) is 0 Å². The second-order valence-electron chi connectivity index (χ2n) is 6.44. The van der Waals surface area contributed by atoms with Crippen LogP contribution in [0.2, 0.25) is 0 Å². The first-order valence-electron chi connectivity index (χ1n) is 8.11. The first-order chi connectivity index (χ1) is 11.2. The van der Waals surface area contributed by atoms with Crippen molar-refractivity contribution in [1.29, 1.82) is 5.26 Å². The van der Waals surface area contributed by atoms with E-state index in [0.717, 1.165) is 18.4 Å². The van der Waals surface area contributed by atoms with E-state index in [4.69, 9.17) is 0 Å². The molecule has 0 amide bonds. The van der Waals surface area contributed by atoms with Crippen molar-refractivity contribution in [1.82, 2.24) is 10.3 Å². The number of nitrogens with one attached hydrogen (secondary N) is 2. The zero-order valence-corrected chi connectivity index (χ0v) is 15.7. The fourth-order valence-electron chi connectivity index (χ4n) is 2.25. The van der Waals surface area contributed by atoms with Crippen LogP contribution in [-0.4, -0.2) is 14.5 Å². The molecular formula is C18H27N3O2S. The van der Waals surface area contributed by atoms with Gasteiger partial charge >= 0.3 is 0 Å². The topological polar surface area (TPSA) is 82.0 Å². The lowest BCUT2D eigenvalue weighted by Crippen LogP contribution is -2.44. The molecule has 24 heavy (non-hydrogen) atoms. The molecule has 0 aliphatic carbocycles. The fraction of sp³-hybridized carbons (Fsp3) is 0.500. The fourth-order valence-corrected chi connectivity index (χ4v) is 3.16. The van der Waals surface area contributed by atoms with E-state index in [1.807, 2.05) is 6.92 Å². The van der Waals surface area contributed by atoms with E-state index in [1.165, 1.54) is 5.57 Å². The van der Waals surface area contributed by atoms with Crippen molar-refractivity contribution in [3.63, 3.8) is 0 Å². The van der Waals surface area contributed by atoms with E-state index in [-0.39, 0.29) is 4.90 Å². The Morgan fingerprint density at radius 3 is 2.46 bits per heavy atom. The van der Waals surface area contributed by atoms with Crippen LogP contribution in [0.3, 0.4) is 0 Å². The van der Waals surface area contributed by atoms with Crippen molar-refractivity contribution in [2.45, 2.75) is 57.9 Å². The Labute approximate surface area is 145 Å². The molecule has 2 unspecified atom stereocenters. The van der Waals surface area contributed by atoms with Crippen molar-refractivity contribution >= 4 is 10.0 Å². The number of sulfonamides is 1. The molecule has 5 nitrogen and oxygen atoms in total. The Morgan fingerprint density at radius 2 is 1.92 bits per heavy atom. The number of benzene rings is 1. The van der Waals surface area contributed by atoms with Gasteiger partial charge in [0.2, 0.25) is 0 Å². The monoisotopic (exact) mass is 349 g/mol. The van der Waals surface area contributed by atoms with Crippen molar-refractivity contribution in [3.8, 4) is 6.07 Å². The molecule has 1 aromatic carbocycles. The molecule has 0 bridgehead atoms. The molecule has 6 heteroatoms. The van der Waals surface area contributed by atoms with Crippen LogP contribution >= 0.6 is 0 Å². The third kappa shape index (κ3) is 7.26. The number of rotatable bonds is 9. The molecular weight excluding hydrogens is 322 g/mol. The van der Waals surface area contributed by atoms with E-state index in [9.17, 15) is 13.7 Å². The van der Waals surface area contributed by atoms with Crippen molar-refractivity contribution < 1.29 is 8.42 Å². The van der Waals surface area contributed by atoms with Gasteiger partial charge in [-0.15, -0.1) is 4.83 Å². The van der Waals surface area contributed by atoms with Crippen LogP contribution in [0.5, 0.6) is 0 Å². The van der Waals surface area contributed by atoms with Crippen LogP contribution < -0.4 is 10.3 Å². The maximum absolute atomic E-state index is 12.2. The maximum atomic E-state index is 12.2. The predicted molar refractivity (Wildman–Crippen MR) is 96.5 cm³/mol. The molecule has 0 radical (unpaired) electrons. The molecule has 0 aromatic heterocycles. The number of nitrogens with zero attached hydrogens (tertiary/aromatic N) is 1. The largest absolute Gasteiger partial charge is 0.253 e. The van der Waals surface area contributed by atoms with Crippen molar-refractivity contribution in [2.24, 2.45) is 5.92 Å². The summed E-state index contributed by atoms with van der Waals surface area (Å²) in [6.07, 6.45) is 4.70. The molecule has 0 fully saturated rings. The molecule has 1 aromatic rings. The van der Waals surface area contributed by atoms with Crippen LogP contribution in [0.1, 0.15) is 45.6 Å². The number of allylic oxidation sites excluding steroid dienone is 2. The average Bonchev–Trinajstić information content (AvgIpc) is 2.51. The van der Waals surface area contributed by atoms with Gasteiger partial charge in [-0.25, -0.2) is 13.8 Å². The quantitative estimate of drug-likeness (QED) is 0.528. The molecule has 132 valence electrons. The summed E-state index contributed by atoms with van der Waals surface area (Å²) in [6.45, 7) is 8.08. The van der Waals surface area contributed by atoms with Gasteiger partial charge in [0, 0.05) is 0 Å². The highest BCUT2D eigenvalue weighted by Crippen LogP contribution is 2.14. The summed E-state index contributed by atoms with van der Waals surface area (Å²) in [6, 6.07) is 8.11. The van der Waals surface area contributed by atoms with Gasteiger partial charge in [0.15, 0.2) is 0 Å². The van der Waals surface area contributed by atoms with Crippen molar-refractivity contribution in [2.75, 3.05) is 0 Å². The Hall–Kier alpha value is -1.68. The zero-order valence-electron chi connectivity index (χ0n) is 14.8. The minimum atomic E-state index is -3.67. The molecule has 2 N–H and O–H groups in total. The minimum Gasteiger partial charge on any atom is -0.227 e. The van der Waals surface area contributed by atoms with Crippen LogP contribution in [0.25, 0.3) is 0 Å². The Morgan fingerprint density at radius 1 is 1.29 bits per heavy atom. The highest BCUT2D eigenvalue weighted by molar-refractivity contribution is 7.89. The number of hydrogen-bond donors (Lipinski definition) is 2. The summed E-state index contributed by atoms with van der Waals surface area (Å²) >= 11 is 0. The van der Waals surface area contributed by atoms with E-state index in [1.54, 1.807) is 24.3 Å². The molecule has 0 heterocycles. The molecule has 0 saturated carbocycles. The lowest BCUT2D eigenvalue weighted by molar-refractivity contribution is 0.420. The Bertz CT molecular complexity index is 684. The number of hydrazine groups is 1. The van der Waals surface area contributed by atoms with Crippen molar-refractivity contribution in [3.05, 3.63) is 41.5 Å². The standard InChI is InChI=1S/C18H27N3O2S/c1-14(2)6-5-7-16(4)12-17(13-19)20-21-24(22,23)18-10-8-15(3)9-11-18/h6,8-11,16-17,20-21H,5,7,12H2,1-4H3. The second-order valence-corrected chi connectivity index (χ2v) is 8.13. The van der Waals surface area contributed by atoms with Crippen LogP contribution in [0, 0.1) is 24.2 Å². The van der Waals surface area contributed by atoms with Crippen LogP contribution in [-0.2, 0) is 10.0 Å². The van der Waals surface area contributed by atoms with Gasteiger partial charge in [-0.2, -0.15) is 5.26 Å². The Kier molecular flexibility index (Phi) is 8.13. The summed E-state index contributed by atoms with van der Waals surface area (Å²) in [5, 5.41) is 9.23. The first kappa shape index (κ1) is 20.4. The molecule has 0 saturated heterocycles. The minimum absolute atomic E-state index is 0.175. The highest BCUT2D eigenvalue weighted by Gasteiger charge is 2.17. The predicted octanol–water partition coefficient (Wildman–Crippen LogP) is 3.44. The SMILES string of the molecule is CC(C)=CCCC(C)CC(C#N)NNS(=O)(=O)c1ccc(C)cc1. The van der Waals surface area contributed by atoms with Gasteiger partial charge in [0.05, 0.1) is 11.0 Å². The number of aryl methyl sites for hydroxylation is 1. The number of nitriles is 1. The lowest BCUT2D eigenvalue weighted by atomic mass is 9.97. The summed E-state index contributed by atoms with van der Waals surface area (Å²) in [7, 11) is -3.67. The summed E-state index contributed by atoms with van der Waals surface area (Å²) in [5.74, 6) is 0.321. The maximum Gasteiger partial charge on any atom is 0.253 e. The summed E-state index contributed by atoms with van der Waals surface area (Å²) in [5.41, 5.74) is 4.91. The molecule has 0 aliphatic heterocycles. The normalized spacial score (nSPS) is 13.8. The van der Waals surface area contributed by atoms with Crippen LogP contribution in [0.15, 0.2) is 40.8 Å². The highest BCUT2D eigenvalue weighted by atomic mass is 32.2. The smallest absolute Gasteiger partial charge is 0.227 e. The molecule has 0 aliphatic rings. The molecule has 0 spiro atoms. The van der Waals surface area contributed by atoms with E-state index >= 15 is 0 Å². The van der Waals surface area contributed by atoms with E-state index < -0.39 is 16.1 Å². The average molecular weight is 350 g/mol. The second kappa shape index (κ2) is 9.58. The lowest BCUT2D eigenvalue weighted by Gasteiger charge is -2.17. The van der Waals surface area contributed by atoms with Gasteiger partial charge in [0.25, 0.3) is 10.0 Å². The van der Waals surface area contributed by atoms with Gasteiger partial charge in [0.1, 0.15) is 6.04 Å². The Balaban J connectivity index is 2.55. The summed E-state index contributed by atoms with van der Waals surface area (Å²) in [4.78, 5) is 2.49. The summed E-state index contributed by atoms with van der Waals surface area (Å²) < 4.78 is 24.4. The van der Waals surface area contributed by atoms with E-state index in [2.05, 4.69) is 43.2 Å². The van der Waals surface area contributed by atoms with Gasteiger partial charge in [-0.05, 0) is 58.1 Å². The van der Waals surface area contributed by atoms with Gasteiger partial charge in [-0.3, -0.25) is 0 Å². The first-order valence-corrected chi connectivity index (χ1v) is 9.60. The zero-order chi connectivity index (χ0) is 18.2. The third-order valence-corrected chi connectivity index (χ3v) is 4.98. The molecule has 2 atom stereocenters.